The molecule has 118 valence electrons. The minimum absolute atomic E-state index is 0.0672. The zero-order valence-electron chi connectivity index (χ0n) is 13.3. The third-order valence-corrected chi connectivity index (χ3v) is 3.87. The molecular weight excluding hydrogens is 278 g/mol. The van der Waals surface area contributed by atoms with Gasteiger partial charge in [-0.1, -0.05) is 26.0 Å². The zero-order chi connectivity index (χ0) is 16.1. The summed E-state index contributed by atoms with van der Waals surface area (Å²) in [6.45, 7) is 6.30. The molecule has 0 aliphatic heterocycles. The van der Waals surface area contributed by atoms with Gasteiger partial charge in [0.1, 0.15) is 0 Å². The molecule has 2 amide bonds. The number of hydrogen-bond donors (Lipinski definition) is 3. The Morgan fingerprint density at radius 3 is 2.77 bits per heavy atom. The van der Waals surface area contributed by atoms with Crippen molar-refractivity contribution in [2.45, 2.75) is 33.4 Å². The van der Waals surface area contributed by atoms with Crippen molar-refractivity contribution in [2.75, 3.05) is 6.61 Å². The maximum absolute atomic E-state index is 12.0. The van der Waals surface area contributed by atoms with Gasteiger partial charge in [0.25, 0.3) is 0 Å². The van der Waals surface area contributed by atoms with Crippen LogP contribution in [0.2, 0.25) is 0 Å². The number of carbonyl (C=O) groups excluding carboxylic acids is 1. The first-order valence-electron chi connectivity index (χ1n) is 7.51. The summed E-state index contributed by atoms with van der Waals surface area (Å²) >= 11 is 0. The predicted molar refractivity (Wildman–Crippen MR) is 87.6 cm³/mol. The molecule has 0 aliphatic rings. The van der Waals surface area contributed by atoms with Crippen LogP contribution < -0.4 is 10.6 Å². The third kappa shape index (κ3) is 3.74. The van der Waals surface area contributed by atoms with Gasteiger partial charge in [0.15, 0.2) is 0 Å². The van der Waals surface area contributed by atoms with E-state index in [1.165, 1.54) is 0 Å². The summed E-state index contributed by atoms with van der Waals surface area (Å²) in [5, 5.41) is 16.0. The molecule has 1 heterocycles. The molecule has 2 rings (SSSR count). The number of aryl methyl sites for hydroxylation is 1. The van der Waals surface area contributed by atoms with Gasteiger partial charge in [-0.3, -0.25) is 4.98 Å². The molecule has 0 radical (unpaired) electrons. The lowest BCUT2D eigenvalue weighted by Crippen LogP contribution is -2.46. The standard InChI is InChI=1S/C17H23N3O2/c1-11(2)16(10-21)20-17(22)19-9-14-12(3)6-7-15-13(14)5-4-8-18-15/h4-8,11,16,21H,9-10H2,1-3H3,(H2,19,20,22)/t16-/m1/s1. The SMILES string of the molecule is Cc1ccc2ncccc2c1CNC(=O)N[C@H](CO)C(C)C. The van der Waals surface area contributed by atoms with Gasteiger partial charge in [-0.15, -0.1) is 0 Å². The largest absolute Gasteiger partial charge is 0.394 e. The number of pyridine rings is 1. The molecule has 3 N–H and O–H groups in total. The topological polar surface area (TPSA) is 74.2 Å². The number of aliphatic hydroxyl groups is 1. The molecule has 0 unspecified atom stereocenters. The molecule has 0 saturated heterocycles. The molecule has 0 aliphatic carbocycles. The number of fused-ring (bicyclic) bond motifs is 1. The van der Waals surface area contributed by atoms with Crippen molar-refractivity contribution in [1.29, 1.82) is 0 Å². The number of nitrogens with one attached hydrogen (secondary N) is 2. The van der Waals surface area contributed by atoms with Crippen LogP contribution >= 0.6 is 0 Å². The van der Waals surface area contributed by atoms with E-state index < -0.39 is 0 Å². The normalized spacial score (nSPS) is 12.4. The van der Waals surface area contributed by atoms with E-state index in [0.717, 1.165) is 22.0 Å². The quantitative estimate of drug-likeness (QED) is 0.793. The Kier molecular flexibility index (Phi) is 5.33. The van der Waals surface area contributed by atoms with Crippen molar-refractivity contribution < 1.29 is 9.90 Å². The van der Waals surface area contributed by atoms with E-state index >= 15 is 0 Å². The fourth-order valence-electron chi connectivity index (χ4n) is 2.37. The number of aliphatic hydroxyl groups excluding tert-OH is 1. The Balaban J connectivity index is 2.08. The lowest BCUT2D eigenvalue weighted by Gasteiger charge is -2.20. The van der Waals surface area contributed by atoms with E-state index in [0.29, 0.717) is 6.54 Å². The van der Waals surface area contributed by atoms with Crippen LogP contribution in [0.5, 0.6) is 0 Å². The highest BCUT2D eigenvalue weighted by Crippen LogP contribution is 2.20. The Labute approximate surface area is 130 Å². The van der Waals surface area contributed by atoms with Gasteiger partial charge in [0.2, 0.25) is 0 Å². The zero-order valence-corrected chi connectivity index (χ0v) is 13.3. The number of carbonyl (C=O) groups is 1. The summed E-state index contributed by atoms with van der Waals surface area (Å²) in [5.41, 5.74) is 3.09. The molecule has 0 bridgehead atoms. The molecule has 1 atom stereocenters. The van der Waals surface area contributed by atoms with Crippen LogP contribution in [0.25, 0.3) is 10.9 Å². The van der Waals surface area contributed by atoms with Gasteiger partial charge in [-0.25, -0.2) is 4.79 Å². The summed E-state index contributed by atoms with van der Waals surface area (Å²) in [6, 6.07) is 7.38. The first kappa shape index (κ1) is 16.2. The molecule has 0 saturated carbocycles. The lowest BCUT2D eigenvalue weighted by atomic mass is 10.0. The smallest absolute Gasteiger partial charge is 0.315 e. The van der Waals surface area contributed by atoms with E-state index in [2.05, 4.69) is 15.6 Å². The second kappa shape index (κ2) is 7.22. The highest BCUT2D eigenvalue weighted by atomic mass is 16.3. The van der Waals surface area contributed by atoms with Crippen molar-refractivity contribution in [3.8, 4) is 0 Å². The van der Waals surface area contributed by atoms with Gasteiger partial charge in [0.05, 0.1) is 18.2 Å². The van der Waals surface area contributed by atoms with Gasteiger partial charge in [-0.05, 0) is 36.1 Å². The number of urea groups is 1. The van der Waals surface area contributed by atoms with E-state index in [1.54, 1.807) is 6.20 Å². The van der Waals surface area contributed by atoms with Crippen LogP contribution in [-0.4, -0.2) is 28.8 Å². The fourth-order valence-corrected chi connectivity index (χ4v) is 2.37. The summed E-state index contributed by atoms with van der Waals surface area (Å²) in [5.74, 6) is 0.180. The van der Waals surface area contributed by atoms with Crippen LogP contribution in [0.15, 0.2) is 30.5 Å². The number of amides is 2. The van der Waals surface area contributed by atoms with Crippen molar-refractivity contribution in [3.63, 3.8) is 0 Å². The molecule has 5 nitrogen and oxygen atoms in total. The van der Waals surface area contributed by atoms with E-state index in [1.807, 2.05) is 45.0 Å². The molecule has 1 aromatic heterocycles. The van der Waals surface area contributed by atoms with E-state index in [-0.39, 0.29) is 24.6 Å². The minimum Gasteiger partial charge on any atom is -0.394 e. The average molecular weight is 301 g/mol. The first-order chi connectivity index (χ1) is 10.5. The molecule has 2 aromatic rings. The molecule has 5 heteroatoms. The van der Waals surface area contributed by atoms with Gasteiger partial charge in [0, 0.05) is 18.1 Å². The van der Waals surface area contributed by atoms with Crippen molar-refractivity contribution in [2.24, 2.45) is 5.92 Å². The summed E-state index contributed by atoms with van der Waals surface area (Å²) < 4.78 is 0. The minimum atomic E-state index is -0.270. The average Bonchev–Trinajstić information content (AvgIpc) is 2.51. The summed E-state index contributed by atoms with van der Waals surface area (Å²) in [6.07, 6.45) is 1.76. The van der Waals surface area contributed by atoms with E-state index in [4.69, 9.17) is 0 Å². The maximum atomic E-state index is 12.0. The maximum Gasteiger partial charge on any atom is 0.315 e. The molecule has 1 aromatic carbocycles. The Bertz CT molecular complexity index is 655. The van der Waals surface area contributed by atoms with Crippen molar-refractivity contribution in [3.05, 3.63) is 41.6 Å². The van der Waals surface area contributed by atoms with Gasteiger partial charge in [-0.2, -0.15) is 0 Å². The van der Waals surface area contributed by atoms with Crippen LogP contribution in [0.3, 0.4) is 0 Å². The highest BCUT2D eigenvalue weighted by Gasteiger charge is 2.15. The first-order valence-corrected chi connectivity index (χ1v) is 7.51. The van der Waals surface area contributed by atoms with Gasteiger partial charge < -0.3 is 15.7 Å². The molecule has 22 heavy (non-hydrogen) atoms. The highest BCUT2D eigenvalue weighted by molar-refractivity contribution is 5.84. The number of rotatable bonds is 5. The summed E-state index contributed by atoms with van der Waals surface area (Å²) in [7, 11) is 0. The fraction of sp³-hybridized carbons (Fsp3) is 0.412. The lowest BCUT2D eigenvalue weighted by molar-refractivity contribution is 0.198. The van der Waals surface area contributed by atoms with Crippen molar-refractivity contribution >= 4 is 16.9 Å². The monoisotopic (exact) mass is 301 g/mol. The van der Waals surface area contributed by atoms with Crippen LogP contribution in [0.4, 0.5) is 4.79 Å². The number of benzene rings is 1. The molecule has 0 fully saturated rings. The summed E-state index contributed by atoms with van der Waals surface area (Å²) in [4.78, 5) is 16.3. The number of nitrogens with zero attached hydrogens (tertiary/aromatic N) is 1. The van der Waals surface area contributed by atoms with Crippen LogP contribution in [0.1, 0.15) is 25.0 Å². The van der Waals surface area contributed by atoms with Crippen molar-refractivity contribution in [1.82, 2.24) is 15.6 Å². The number of aromatic nitrogens is 1. The Morgan fingerprint density at radius 1 is 1.32 bits per heavy atom. The number of hydrogen-bond acceptors (Lipinski definition) is 3. The second-order valence-corrected chi connectivity index (χ2v) is 5.79. The predicted octanol–water partition coefficient (Wildman–Crippen LogP) is 2.36. The van der Waals surface area contributed by atoms with Gasteiger partial charge >= 0.3 is 6.03 Å². The van der Waals surface area contributed by atoms with Crippen LogP contribution in [0, 0.1) is 12.8 Å². The van der Waals surface area contributed by atoms with E-state index in [9.17, 15) is 9.90 Å². The second-order valence-electron chi connectivity index (χ2n) is 5.79. The Hall–Kier alpha value is -2.14. The Morgan fingerprint density at radius 2 is 2.09 bits per heavy atom. The van der Waals surface area contributed by atoms with Crippen LogP contribution in [-0.2, 0) is 6.54 Å². The molecular formula is C17H23N3O2. The third-order valence-electron chi connectivity index (χ3n) is 3.87. The molecule has 0 spiro atoms.